The number of anilines is 3. The van der Waals surface area contributed by atoms with Crippen LogP contribution in [0, 0.1) is 23.0 Å². The Bertz CT molecular complexity index is 2970. The van der Waals surface area contributed by atoms with Crippen molar-refractivity contribution >= 4 is 57.5 Å². The summed E-state index contributed by atoms with van der Waals surface area (Å²) in [6.45, 7) is 7.30. The lowest BCUT2D eigenvalue weighted by atomic mass is 9.86. The van der Waals surface area contributed by atoms with Crippen LogP contribution in [0.15, 0.2) is 73.2 Å². The number of nitriles is 1. The summed E-state index contributed by atoms with van der Waals surface area (Å²) in [6.07, 6.45) is 6.42. The number of aryl methyl sites for hydroxylation is 1. The number of rotatable bonds is 16. The van der Waals surface area contributed by atoms with Crippen molar-refractivity contribution in [3.05, 3.63) is 95.9 Å². The minimum absolute atomic E-state index is 0.0182. The minimum atomic E-state index is -0.810. The van der Waals surface area contributed by atoms with E-state index < -0.39 is 29.1 Å². The standard InChI is InChI=1S/C49H53F2N13O6/c1-3-70-36-26-38(45-33(27-52)29-55-64(45)30-36)32-4-9-42(54-28-32)61-16-12-49(13-17-61,57-47(67)39-24-34(50)5-8-40(39)51)31-60-18-20-62(21-19-60)44(66)11-22-69-23-14-53-35-6-7-37-41(25-35)59(2)58-46(37)63-15-10-43(65)56-48(63)68/h4-9,24-26,28-30,53H,3,10-23,31H2,1-2H3,(H,57,67)(H,56,65,68). The van der Waals surface area contributed by atoms with Gasteiger partial charge in [0.2, 0.25) is 11.8 Å². The number of aromatic nitrogens is 5. The highest BCUT2D eigenvalue weighted by molar-refractivity contribution is 6.09. The molecule has 0 saturated carbocycles. The number of nitrogens with zero attached hydrogens (tertiary/aromatic N) is 10. The van der Waals surface area contributed by atoms with E-state index in [9.17, 15) is 33.2 Å². The molecule has 3 N–H and O–H groups in total. The van der Waals surface area contributed by atoms with Crippen molar-refractivity contribution in [2.45, 2.75) is 38.1 Å². The molecule has 0 unspecified atom stereocenters. The van der Waals surface area contributed by atoms with Gasteiger partial charge in [-0.15, -0.1) is 0 Å². The molecule has 6 aromatic rings. The summed E-state index contributed by atoms with van der Waals surface area (Å²) >= 11 is 0. The van der Waals surface area contributed by atoms with E-state index >= 15 is 0 Å². The zero-order chi connectivity index (χ0) is 48.9. The van der Waals surface area contributed by atoms with Gasteiger partial charge in [-0.2, -0.15) is 15.5 Å². The van der Waals surface area contributed by atoms with E-state index in [2.05, 4.69) is 42.0 Å². The Morgan fingerprint density at radius 1 is 0.957 bits per heavy atom. The number of fused-ring (bicyclic) bond motifs is 2. The molecule has 0 atom stereocenters. The number of halogens is 2. The minimum Gasteiger partial charge on any atom is -0.492 e. The fourth-order valence-corrected chi connectivity index (χ4v) is 9.43. The van der Waals surface area contributed by atoms with Crippen molar-refractivity contribution in [1.29, 1.82) is 5.26 Å². The Hall–Kier alpha value is -7.70. The molecule has 19 nitrogen and oxygen atoms in total. The molecule has 3 aliphatic rings. The van der Waals surface area contributed by atoms with Crippen molar-refractivity contribution in [3.8, 4) is 22.9 Å². The number of piperidine rings is 1. The van der Waals surface area contributed by atoms with E-state index in [1.165, 1.54) is 11.1 Å². The van der Waals surface area contributed by atoms with Crippen LogP contribution in [-0.2, 0) is 21.4 Å². The molecular formula is C49H53F2N13O6. The zero-order valence-corrected chi connectivity index (χ0v) is 38.9. The molecule has 5 amide bonds. The normalized spacial score (nSPS) is 16.4. The maximum atomic E-state index is 14.9. The number of amides is 5. The van der Waals surface area contributed by atoms with Crippen molar-refractivity contribution in [2.24, 2.45) is 7.05 Å². The summed E-state index contributed by atoms with van der Waals surface area (Å²) in [5, 5.41) is 28.2. The molecule has 2 aromatic carbocycles. The van der Waals surface area contributed by atoms with E-state index in [-0.39, 0.29) is 43.4 Å². The van der Waals surface area contributed by atoms with Gasteiger partial charge in [-0.3, -0.25) is 34.2 Å². The van der Waals surface area contributed by atoms with Crippen molar-refractivity contribution in [3.63, 3.8) is 0 Å². The zero-order valence-electron chi connectivity index (χ0n) is 38.9. The molecule has 9 rings (SSSR count). The first-order valence-corrected chi connectivity index (χ1v) is 23.3. The van der Waals surface area contributed by atoms with E-state index in [0.29, 0.717) is 101 Å². The molecule has 0 radical (unpaired) electrons. The number of carbonyl (C=O) groups is 4. The van der Waals surface area contributed by atoms with Crippen molar-refractivity contribution in [1.82, 2.24) is 44.8 Å². The number of imide groups is 1. The number of hydrogen-bond donors (Lipinski definition) is 3. The van der Waals surface area contributed by atoms with Gasteiger partial charge >= 0.3 is 6.03 Å². The molecule has 3 saturated heterocycles. The summed E-state index contributed by atoms with van der Waals surface area (Å²) in [4.78, 5) is 63.4. The third-order valence-electron chi connectivity index (χ3n) is 13.1. The first-order valence-electron chi connectivity index (χ1n) is 23.3. The molecule has 3 fully saturated rings. The van der Waals surface area contributed by atoms with Crippen LogP contribution in [0.3, 0.4) is 0 Å². The Morgan fingerprint density at radius 2 is 1.77 bits per heavy atom. The number of piperazine rings is 1. The van der Waals surface area contributed by atoms with Crippen LogP contribution < -0.4 is 30.5 Å². The summed E-state index contributed by atoms with van der Waals surface area (Å²) in [6, 6.07) is 16.0. The van der Waals surface area contributed by atoms with E-state index in [1.54, 1.807) is 28.6 Å². The third-order valence-corrected chi connectivity index (χ3v) is 13.1. The van der Waals surface area contributed by atoms with Gasteiger partial charge in [0.25, 0.3) is 5.91 Å². The number of carbonyl (C=O) groups excluding carboxylic acids is 4. The van der Waals surface area contributed by atoms with Crippen molar-refractivity contribution < 1.29 is 37.4 Å². The average molecular weight is 958 g/mol. The fourth-order valence-electron chi connectivity index (χ4n) is 9.43. The highest BCUT2D eigenvalue weighted by Gasteiger charge is 2.40. The lowest BCUT2D eigenvalue weighted by Gasteiger charge is -2.46. The predicted molar refractivity (Wildman–Crippen MR) is 255 cm³/mol. The quantitative estimate of drug-likeness (QED) is 0.113. The van der Waals surface area contributed by atoms with Crippen LogP contribution in [0.1, 0.15) is 48.5 Å². The molecule has 0 bridgehead atoms. The second kappa shape index (κ2) is 20.5. The summed E-state index contributed by atoms with van der Waals surface area (Å²) in [5.41, 5.74) is 3.11. The lowest BCUT2D eigenvalue weighted by Crippen LogP contribution is -2.62. The Balaban J connectivity index is 0.773. The second-order valence-electron chi connectivity index (χ2n) is 17.6. The van der Waals surface area contributed by atoms with Gasteiger partial charge in [0, 0.05) is 101 Å². The number of benzene rings is 2. The maximum absolute atomic E-state index is 14.9. The smallest absolute Gasteiger partial charge is 0.329 e. The first kappa shape index (κ1) is 47.4. The monoisotopic (exact) mass is 957 g/mol. The Labute approximate surface area is 401 Å². The summed E-state index contributed by atoms with van der Waals surface area (Å²) < 4.78 is 44.0. The molecule has 0 aliphatic carbocycles. The van der Waals surface area contributed by atoms with Gasteiger partial charge < -0.3 is 29.9 Å². The number of nitrogens with one attached hydrogen (secondary N) is 3. The van der Waals surface area contributed by atoms with Gasteiger partial charge in [0.05, 0.1) is 66.3 Å². The van der Waals surface area contributed by atoms with Crippen LogP contribution in [0.5, 0.6) is 5.75 Å². The van der Waals surface area contributed by atoms with Crippen LogP contribution >= 0.6 is 0 Å². The van der Waals surface area contributed by atoms with Crippen LogP contribution in [0.4, 0.5) is 30.9 Å². The maximum Gasteiger partial charge on any atom is 0.329 e. The largest absolute Gasteiger partial charge is 0.492 e. The molecule has 7 heterocycles. The molecule has 0 spiro atoms. The molecule has 70 heavy (non-hydrogen) atoms. The van der Waals surface area contributed by atoms with E-state index in [1.807, 2.05) is 48.2 Å². The number of ether oxygens (including phenoxy) is 2. The van der Waals surface area contributed by atoms with Gasteiger partial charge in [0.15, 0.2) is 5.82 Å². The van der Waals surface area contributed by atoms with Crippen LogP contribution in [0.2, 0.25) is 0 Å². The average Bonchev–Trinajstić information content (AvgIpc) is 3.93. The fraction of sp³-hybridized carbons (Fsp3) is 0.388. The highest BCUT2D eigenvalue weighted by atomic mass is 19.1. The lowest BCUT2D eigenvalue weighted by molar-refractivity contribution is -0.134. The number of hydrogen-bond acceptors (Lipinski definition) is 13. The van der Waals surface area contributed by atoms with E-state index in [4.69, 9.17) is 14.5 Å². The summed E-state index contributed by atoms with van der Waals surface area (Å²) in [5.74, 6) is -0.717. The van der Waals surface area contributed by atoms with Crippen LogP contribution in [0.25, 0.3) is 27.5 Å². The topological polar surface area (TPSA) is 208 Å². The summed E-state index contributed by atoms with van der Waals surface area (Å²) in [7, 11) is 1.79. The Kier molecular flexibility index (Phi) is 13.9. The molecule has 4 aromatic heterocycles. The molecule has 364 valence electrons. The highest BCUT2D eigenvalue weighted by Crippen LogP contribution is 2.34. The SMILES string of the molecule is CCOc1cc(-c2ccc(N3CCC(CN4CCN(C(=O)CCOCCNc5ccc6c(N7CCC(=O)NC7=O)nn(C)c6c5)CC4)(NC(=O)c4cc(F)ccc4F)CC3)nc2)c2c(C#N)cnn2c1. The molecule has 3 aliphatic heterocycles. The number of pyridine rings is 2. The van der Waals surface area contributed by atoms with Crippen molar-refractivity contribution in [2.75, 3.05) is 93.8 Å². The number of urea groups is 1. The van der Waals surface area contributed by atoms with Gasteiger partial charge in [-0.05, 0) is 74.4 Å². The van der Waals surface area contributed by atoms with Gasteiger partial charge in [-0.25, -0.2) is 23.1 Å². The third kappa shape index (κ3) is 10.2. The molecule has 21 heteroatoms. The second-order valence-corrected chi connectivity index (χ2v) is 17.6. The van der Waals surface area contributed by atoms with E-state index in [0.717, 1.165) is 51.7 Å². The van der Waals surface area contributed by atoms with Crippen LogP contribution in [-0.4, -0.2) is 142 Å². The van der Waals surface area contributed by atoms with Gasteiger partial charge in [0.1, 0.15) is 29.3 Å². The predicted octanol–water partition coefficient (Wildman–Crippen LogP) is 4.71. The van der Waals surface area contributed by atoms with Gasteiger partial charge in [-0.1, -0.05) is 0 Å². The molecular weight excluding hydrogens is 905 g/mol. The first-order chi connectivity index (χ1) is 33.9. The Morgan fingerprint density at radius 3 is 2.51 bits per heavy atom.